The molecule has 0 amide bonds. The van der Waals surface area contributed by atoms with Crippen molar-refractivity contribution in [3.8, 4) is 0 Å². The van der Waals surface area contributed by atoms with Crippen LogP contribution < -0.4 is 29.6 Å². The Balaban J connectivity index is -0.000000213. The molecule has 0 unspecified atom stereocenters. The van der Waals surface area contributed by atoms with Crippen molar-refractivity contribution in [1.29, 1.82) is 0 Å². The molecule has 0 aliphatic carbocycles. The molecule has 1 rings (SSSR count). The van der Waals surface area contributed by atoms with Crippen molar-refractivity contribution < 1.29 is 46.0 Å². The first kappa shape index (κ1) is 15.7. The molecule has 1 aromatic carbocycles. The van der Waals surface area contributed by atoms with Crippen LogP contribution in [0.15, 0.2) is 43.0 Å². The second kappa shape index (κ2) is 10.3. The standard InChI is InChI=1S/C9H10.CH2O3.Na.H/c1-2-6-9-7-4-3-5-8-9;2-1(3)4;;/h2-5,7-8H,1,6H2;(H2,2,3,4);;/q;;+1;-1. The molecule has 4 heteroatoms. The summed E-state index contributed by atoms with van der Waals surface area (Å²) >= 11 is 0. The van der Waals surface area contributed by atoms with E-state index < -0.39 is 6.16 Å². The maximum atomic E-state index is 8.56. The number of benzene rings is 1. The quantitative estimate of drug-likeness (QED) is 0.516. The molecule has 0 radical (unpaired) electrons. The van der Waals surface area contributed by atoms with Crippen LogP contribution in [0.2, 0.25) is 0 Å². The Morgan fingerprint density at radius 3 is 2.14 bits per heavy atom. The average molecular weight is 204 g/mol. The van der Waals surface area contributed by atoms with Gasteiger partial charge in [-0.2, -0.15) is 0 Å². The molecule has 0 saturated carbocycles. The van der Waals surface area contributed by atoms with Crippen LogP contribution >= 0.6 is 0 Å². The Bertz CT molecular complexity index is 261. The van der Waals surface area contributed by atoms with Crippen molar-refractivity contribution in [3.05, 3.63) is 48.6 Å². The second-order valence-electron chi connectivity index (χ2n) is 2.26. The van der Waals surface area contributed by atoms with Crippen LogP contribution in [0.4, 0.5) is 4.79 Å². The second-order valence-corrected chi connectivity index (χ2v) is 2.26. The Labute approximate surface area is 107 Å². The van der Waals surface area contributed by atoms with Crippen molar-refractivity contribution in [2.75, 3.05) is 0 Å². The number of allylic oxidation sites excluding steroid dienone is 1. The molecule has 72 valence electrons. The normalized spacial score (nSPS) is 7.43. The van der Waals surface area contributed by atoms with Gasteiger partial charge in [0.1, 0.15) is 0 Å². The van der Waals surface area contributed by atoms with Gasteiger partial charge in [-0.15, -0.1) is 6.58 Å². The van der Waals surface area contributed by atoms with Gasteiger partial charge in [0.2, 0.25) is 0 Å². The molecule has 1 aromatic rings. The Kier molecular flexibility index (Phi) is 11.6. The molecular formula is C10H13NaO3. The van der Waals surface area contributed by atoms with Crippen molar-refractivity contribution in [2.24, 2.45) is 0 Å². The molecule has 0 aliphatic rings. The smallest absolute Gasteiger partial charge is 1.00 e. The van der Waals surface area contributed by atoms with Crippen molar-refractivity contribution >= 4 is 6.16 Å². The van der Waals surface area contributed by atoms with E-state index in [1.165, 1.54) is 5.56 Å². The largest absolute Gasteiger partial charge is 1.00 e. The van der Waals surface area contributed by atoms with Gasteiger partial charge in [-0.3, -0.25) is 0 Å². The summed E-state index contributed by atoms with van der Waals surface area (Å²) in [5.74, 6) is 0. The maximum absolute atomic E-state index is 8.56. The zero-order valence-corrected chi connectivity index (χ0v) is 10.2. The van der Waals surface area contributed by atoms with E-state index in [2.05, 4.69) is 18.7 Å². The molecule has 0 atom stereocenters. The monoisotopic (exact) mass is 204 g/mol. The van der Waals surface area contributed by atoms with Crippen LogP contribution in [0, 0.1) is 0 Å². The van der Waals surface area contributed by atoms with Gasteiger partial charge in [0, 0.05) is 0 Å². The number of carbonyl (C=O) groups is 1. The van der Waals surface area contributed by atoms with Gasteiger partial charge in [0.15, 0.2) is 0 Å². The topological polar surface area (TPSA) is 57.5 Å². The van der Waals surface area contributed by atoms with Crippen LogP contribution in [-0.4, -0.2) is 16.4 Å². The van der Waals surface area contributed by atoms with E-state index in [0.29, 0.717) is 0 Å². The van der Waals surface area contributed by atoms with Crippen molar-refractivity contribution in [1.82, 2.24) is 0 Å². The Morgan fingerprint density at radius 2 is 1.79 bits per heavy atom. The Hall–Kier alpha value is -0.770. The van der Waals surface area contributed by atoms with Gasteiger partial charge >= 0.3 is 35.7 Å². The summed E-state index contributed by atoms with van der Waals surface area (Å²) in [6.07, 6.45) is 1.05. The SMILES string of the molecule is C=CCc1ccccc1.O=C(O)O.[H-].[Na+]. The summed E-state index contributed by atoms with van der Waals surface area (Å²) in [5, 5.41) is 13.9. The van der Waals surface area contributed by atoms with E-state index in [0.717, 1.165) is 6.42 Å². The van der Waals surface area contributed by atoms with Crippen LogP contribution in [-0.2, 0) is 6.42 Å². The fraction of sp³-hybridized carbons (Fsp3) is 0.100. The summed E-state index contributed by atoms with van der Waals surface area (Å²) in [6, 6.07) is 10.3. The summed E-state index contributed by atoms with van der Waals surface area (Å²) in [4.78, 5) is 8.56. The first-order chi connectivity index (χ1) is 6.16. The third-order valence-corrected chi connectivity index (χ3v) is 1.22. The van der Waals surface area contributed by atoms with Crippen molar-refractivity contribution in [3.63, 3.8) is 0 Å². The average Bonchev–Trinajstić information content (AvgIpc) is 2.06. The van der Waals surface area contributed by atoms with E-state index in [1.54, 1.807) is 0 Å². The van der Waals surface area contributed by atoms with Crippen LogP contribution in [0.3, 0.4) is 0 Å². The molecule has 0 aromatic heterocycles. The van der Waals surface area contributed by atoms with Gasteiger partial charge in [0.05, 0.1) is 0 Å². The molecule has 0 aliphatic heterocycles. The number of carboxylic acid groups (broad SMARTS) is 2. The van der Waals surface area contributed by atoms with E-state index in [4.69, 9.17) is 15.0 Å². The first-order valence-electron chi connectivity index (χ1n) is 3.73. The van der Waals surface area contributed by atoms with E-state index in [9.17, 15) is 0 Å². The fourth-order valence-electron chi connectivity index (χ4n) is 0.781. The third kappa shape index (κ3) is 11.2. The van der Waals surface area contributed by atoms with Gasteiger partial charge < -0.3 is 11.6 Å². The minimum atomic E-state index is -1.83. The molecule has 3 nitrogen and oxygen atoms in total. The molecule has 14 heavy (non-hydrogen) atoms. The van der Waals surface area contributed by atoms with Crippen LogP contribution in [0.25, 0.3) is 0 Å². The minimum Gasteiger partial charge on any atom is -1.00 e. The van der Waals surface area contributed by atoms with Crippen molar-refractivity contribution in [2.45, 2.75) is 6.42 Å². The molecule has 0 bridgehead atoms. The minimum absolute atomic E-state index is 0. The summed E-state index contributed by atoms with van der Waals surface area (Å²) in [6.45, 7) is 3.66. The van der Waals surface area contributed by atoms with Gasteiger partial charge in [-0.1, -0.05) is 36.4 Å². The van der Waals surface area contributed by atoms with E-state index in [1.807, 2.05) is 24.3 Å². The summed E-state index contributed by atoms with van der Waals surface area (Å²) in [7, 11) is 0. The number of hydrogen-bond acceptors (Lipinski definition) is 1. The zero-order chi connectivity index (χ0) is 10.1. The van der Waals surface area contributed by atoms with Crippen LogP contribution in [0.1, 0.15) is 6.99 Å². The molecule has 2 N–H and O–H groups in total. The molecule has 0 heterocycles. The fourth-order valence-corrected chi connectivity index (χ4v) is 0.781. The van der Waals surface area contributed by atoms with Gasteiger partial charge in [0.25, 0.3) is 0 Å². The number of hydrogen-bond donors (Lipinski definition) is 2. The third-order valence-electron chi connectivity index (χ3n) is 1.22. The molecule has 0 saturated heterocycles. The predicted molar refractivity (Wildman–Crippen MR) is 52.1 cm³/mol. The summed E-state index contributed by atoms with van der Waals surface area (Å²) in [5.41, 5.74) is 1.33. The predicted octanol–water partition coefficient (Wildman–Crippen LogP) is -0.246. The number of rotatable bonds is 2. The molecule has 0 spiro atoms. The first-order valence-corrected chi connectivity index (χ1v) is 3.73. The molecule has 0 fully saturated rings. The van der Waals surface area contributed by atoms with Gasteiger partial charge in [-0.25, -0.2) is 4.79 Å². The zero-order valence-electron chi connectivity index (χ0n) is 9.18. The van der Waals surface area contributed by atoms with E-state index in [-0.39, 0.29) is 31.0 Å². The van der Waals surface area contributed by atoms with Gasteiger partial charge in [-0.05, 0) is 12.0 Å². The Morgan fingerprint density at radius 1 is 1.36 bits per heavy atom. The summed E-state index contributed by atoms with van der Waals surface area (Å²) < 4.78 is 0. The van der Waals surface area contributed by atoms with Crippen LogP contribution in [0.5, 0.6) is 0 Å². The van der Waals surface area contributed by atoms with E-state index >= 15 is 0 Å². The maximum Gasteiger partial charge on any atom is 1.00 e. The molecular weight excluding hydrogens is 191 g/mol.